The number of aromatic amines is 1. The molecule has 0 bridgehead atoms. The molecule has 5 nitrogen and oxygen atoms in total. The van der Waals surface area contributed by atoms with Crippen LogP contribution in [0, 0.1) is 11.6 Å². The van der Waals surface area contributed by atoms with Crippen molar-refractivity contribution < 1.29 is 13.6 Å². The lowest BCUT2D eigenvalue weighted by molar-refractivity contribution is -0.113. The molecule has 2 aromatic carbocycles. The zero-order chi connectivity index (χ0) is 16.9. The number of nitrogens with zero attached hydrogens (tertiary/aromatic N) is 2. The zero-order valence-electron chi connectivity index (χ0n) is 12.3. The van der Waals surface area contributed by atoms with E-state index in [1.807, 2.05) is 0 Å². The number of anilines is 1. The molecule has 1 aromatic heterocycles. The SMILES string of the molecule is O=C(CSc1n[nH]c(-c2ccc(F)cc2)n1)Nc1ccc(F)cc1. The van der Waals surface area contributed by atoms with E-state index in [9.17, 15) is 13.6 Å². The number of benzene rings is 2. The fourth-order valence-electron chi connectivity index (χ4n) is 1.91. The number of halogens is 2. The summed E-state index contributed by atoms with van der Waals surface area (Å²) in [5.74, 6) is -0.337. The molecule has 0 atom stereocenters. The Morgan fingerprint density at radius 2 is 1.67 bits per heavy atom. The average molecular weight is 346 g/mol. The number of rotatable bonds is 5. The van der Waals surface area contributed by atoms with E-state index in [2.05, 4.69) is 20.5 Å². The number of carbonyl (C=O) groups excluding carboxylic acids is 1. The Morgan fingerprint density at radius 3 is 2.33 bits per heavy atom. The first-order chi connectivity index (χ1) is 11.6. The molecule has 1 amide bonds. The number of carbonyl (C=O) groups is 1. The third-order valence-corrected chi connectivity index (χ3v) is 3.89. The van der Waals surface area contributed by atoms with E-state index in [0.29, 0.717) is 22.2 Å². The van der Waals surface area contributed by atoms with E-state index in [1.165, 1.54) is 36.4 Å². The molecule has 0 saturated carbocycles. The van der Waals surface area contributed by atoms with E-state index in [0.717, 1.165) is 11.8 Å². The van der Waals surface area contributed by atoms with Gasteiger partial charge in [0.2, 0.25) is 11.1 Å². The standard InChI is InChI=1S/C16H12F2N4OS/c17-11-3-1-10(2-4-11)15-20-16(22-21-15)24-9-14(23)19-13-7-5-12(18)6-8-13/h1-8H,9H2,(H,19,23)(H,20,21,22). The van der Waals surface area contributed by atoms with Crippen LogP contribution < -0.4 is 5.32 Å². The summed E-state index contributed by atoms with van der Waals surface area (Å²) in [5.41, 5.74) is 1.22. The highest BCUT2D eigenvalue weighted by Crippen LogP contribution is 2.19. The second-order valence-corrected chi connectivity index (χ2v) is 5.76. The molecule has 2 N–H and O–H groups in total. The molecule has 122 valence electrons. The van der Waals surface area contributed by atoms with Crippen LogP contribution in [0.5, 0.6) is 0 Å². The largest absolute Gasteiger partial charge is 0.325 e. The van der Waals surface area contributed by atoms with Gasteiger partial charge >= 0.3 is 0 Å². The van der Waals surface area contributed by atoms with Gasteiger partial charge in [-0.05, 0) is 48.5 Å². The number of hydrogen-bond donors (Lipinski definition) is 2. The lowest BCUT2D eigenvalue weighted by Gasteiger charge is -2.03. The average Bonchev–Trinajstić information content (AvgIpc) is 3.05. The number of aromatic nitrogens is 3. The summed E-state index contributed by atoms with van der Waals surface area (Å²) in [6, 6.07) is 11.4. The van der Waals surface area contributed by atoms with E-state index >= 15 is 0 Å². The fraction of sp³-hybridized carbons (Fsp3) is 0.0625. The zero-order valence-corrected chi connectivity index (χ0v) is 13.1. The molecule has 1 heterocycles. The van der Waals surface area contributed by atoms with Crippen LogP contribution in [-0.4, -0.2) is 26.8 Å². The van der Waals surface area contributed by atoms with Crippen molar-refractivity contribution in [3.8, 4) is 11.4 Å². The minimum Gasteiger partial charge on any atom is -0.325 e. The normalized spacial score (nSPS) is 10.6. The van der Waals surface area contributed by atoms with Gasteiger partial charge in [0.15, 0.2) is 5.82 Å². The van der Waals surface area contributed by atoms with Gasteiger partial charge in [-0.15, -0.1) is 5.10 Å². The third kappa shape index (κ3) is 4.17. The van der Waals surface area contributed by atoms with Crippen LogP contribution in [-0.2, 0) is 4.79 Å². The first-order valence-corrected chi connectivity index (χ1v) is 7.95. The summed E-state index contributed by atoms with van der Waals surface area (Å²) in [4.78, 5) is 16.1. The van der Waals surface area contributed by atoms with Gasteiger partial charge < -0.3 is 5.32 Å². The van der Waals surface area contributed by atoms with Crippen LogP contribution in [0.15, 0.2) is 53.7 Å². The van der Waals surface area contributed by atoms with Gasteiger partial charge in [0, 0.05) is 11.3 Å². The van der Waals surface area contributed by atoms with Crippen molar-refractivity contribution in [1.82, 2.24) is 15.2 Å². The summed E-state index contributed by atoms with van der Waals surface area (Å²) in [6.45, 7) is 0. The Kier molecular flexibility index (Phi) is 4.85. The summed E-state index contributed by atoms with van der Waals surface area (Å²) in [5, 5.41) is 9.81. The molecule has 0 saturated heterocycles. The van der Waals surface area contributed by atoms with E-state index < -0.39 is 0 Å². The Morgan fingerprint density at radius 1 is 1.04 bits per heavy atom. The minimum absolute atomic E-state index is 0.109. The van der Waals surface area contributed by atoms with Crippen LogP contribution in [0.4, 0.5) is 14.5 Å². The van der Waals surface area contributed by atoms with Crippen molar-refractivity contribution in [3.05, 3.63) is 60.2 Å². The fourth-order valence-corrected chi connectivity index (χ4v) is 2.51. The molecule has 0 spiro atoms. The Bertz CT molecular complexity index is 834. The molecule has 24 heavy (non-hydrogen) atoms. The van der Waals surface area contributed by atoms with Gasteiger partial charge in [0.05, 0.1) is 5.75 Å². The van der Waals surface area contributed by atoms with Gasteiger partial charge in [-0.1, -0.05) is 11.8 Å². The third-order valence-electron chi connectivity index (χ3n) is 3.04. The topological polar surface area (TPSA) is 70.7 Å². The van der Waals surface area contributed by atoms with Crippen molar-refractivity contribution in [2.45, 2.75) is 5.16 Å². The highest BCUT2D eigenvalue weighted by atomic mass is 32.2. The number of nitrogens with one attached hydrogen (secondary N) is 2. The number of H-pyrrole nitrogens is 1. The van der Waals surface area contributed by atoms with Crippen LogP contribution in [0.1, 0.15) is 0 Å². The Balaban J connectivity index is 1.56. The lowest BCUT2D eigenvalue weighted by atomic mass is 10.2. The first kappa shape index (κ1) is 16.1. The molecule has 0 aliphatic rings. The maximum absolute atomic E-state index is 12.9. The van der Waals surface area contributed by atoms with Crippen molar-refractivity contribution >= 4 is 23.4 Å². The summed E-state index contributed by atoms with van der Waals surface area (Å²) in [6.07, 6.45) is 0. The van der Waals surface area contributed by atoms with Crippen molar-refractivity contribution in [1.29, 1.82) is 0 Å². The van der Waals surface area contributed by atoms with Crippen LogP contribution in [0.3, 0.4) is 0 Å². The maximum atomic E-state index is 12.9. The molecule has 3 aromatic rings. The molecule has 3 rings (SSSR count). The molecule has 0 fully saturated rings. The molecule has 8 heteroatoms. The minimum atomic E-state index is -0.364. The second-order valence-electron chi connectivity index (χ2n) is 4.82. The quantitative estimate of drug-likeness (QED) is 0.694. The van der Waals surface area contributed by atoms with Gasteiger partial charge in [-0.3, -0.25) is 9.89 Å². The first-order valence-electron chi connectivity index (χ1n) is 6.97. The maximum Gasteiger partial charge on any atom is 0.234 e. The van der Waals surface area contributed by atoms with E-state index in [-0.39, 0.29) is 23.3 Å². The predicted molar refractivity (Wildman–Crippen MR) is 87.5 cm³/mol. The van der Waals surface area contributed by atoms with E-state index in [1.54, 1.807) is 12.1 Å². The second kappa shape index (κ2) is 7.22. The van der Waals surface area contributed by atoms with Gasteiger partial charge in [0.1, 0.15) is 11.6 Å². The predicted octanol–water partition coefficient (Wildman–Crippen LogP) is 3.48. The molecular formula is C16H12F2N4OS. The molecule has 0 radical (unpaired) electrons. The number of hydrogen-bond acceptors (Lipinski definition) is 4. The number of thioether (sulfide) groups is 1. The summed E-state index contributed by atoms with van der Waals surface area (Å²) >= 11 is 1.16. The van der Waals surface area contributed by atoms with Crippen LogP contribution in [0.2, 0.25) is 0 Å². The molecular weight excluding hydrogens is 334 g/mol. The summed E-state index contributed by atoms with van der Waals surface area (Å²) in [7, 11) is 0. The van der Waals surface area contributed by atoms with Gasteiger partial charge in [-0.2, -0.15) is 0 Å². The Labute approximate surface area is 140 Å². The monoisotopic (exact) mass is 346 g/mol. The number of amides is 1. The van der Waals surface area contributed by atoms with Gasteiger partial charge in [-0.25, -0.2) is 13.8 Å². The summed E-state index contributed by atoms with van der Waals surface area (Å²) < 4.78 is 25.7. The van der Waals surface area contributed by atoms with Crippen LogP contribution >= 0.6 is 11.8 Å². The molecule has 0 aliphatic carbocycles. The molecule has 0 aliphatic heterocycles. The van der Waals surface area contributed by atoms with Crippen LogP contribution in [0.25, 0.3) is 11.4 Å². The van der Waals surface area contributed by atoms with Crippen molar-refractivity contribution in [2.24, 2.45) is 0 Å². The van der Waals surface area contributed by atoms with Crippen molar-refractivity contribution in [3.63, 3.8) is 0 Å². The van der Waals surface area contributed by atoms with Gasteiger partial charge in [0.25, 0.3) is 0 Å². The lowest BCUT2D eigenvalue weighted by Crippen LogP contribution is -2.14. The Hall–Kier alpha value is -2.74. The highest BCUT2D eigenvalue weighted by Gasteiger charge is 2.09. The van der Waals surface area contributed by atoms with Crippen molar-refractivity contribution in [2.75, 3.05) is 11.1 Å². The smallest absolute Gasteiger partial charge is 0.234 e. The highest BCUT2D eigenvalue weighted by molar-refractivity contribution is 7.99. The molecule has 0 unspecified atom stereocenters. The van der Waals surface area contributed by atoms with E-state index in [4.69, 9.17) is 0 Å².